The van der Waals surface area contributed by atoms with Gasteiger partial charge < -0.3 is 10.3 Å². The zero-order chi connectivity index (χ0) is 13.0. The Hall–Kier alpha value is -1.62. The van der Waals surface area contributed by atoms with Crippen LogP contribution in [0.3, 0.4) is 0 Å². The molecular weight excluding hydrogens is 253 g/mol. The molecule has 2 rings (SSSR count). The smallest absolute Gasteiger partial charge is 0.856 e. The second-order valence-corrected chi connectivity index (χ2v) is 3.65. The van der Waals surface area contributed by atoms with Crippen LogP contribution < -0.4 is 34.7 Å². The van der Waals surface area contributed by atoms with Gasteiger partial charge in [0.25, 0.3) is 0 Å². The molecule has 0 aliphatic carbocycles. The minimum atomic E-state index is -0.824. The largest absolute Gasteiger partial charge is 1.00 e. The molecule has 0 spiro atoms. The van der Waals surface area contributed by atoms with Gasteiger partial charge in [-0.15, -0.1) is 5.16 Å². The molecule has 0 saturated carbocycles. The van der Waals surface area contributed by atoms with Crippen LogP contribution in [0.2, 0.25) is 0 Å². The van der Waals surface area contributed by atoms with E-state index >= 15 is 0 Å². The van der Waals surface area contributed by atoms with Crippen molar-refractivity contribution in [2.75, 3.05) is 0 Å². The Kier molecular flexibility index (Phi) is 5.76. The molecular formula is C14H10NNaO3. The predicted molar refractivity (Wildman–Crippen MR) is 64.6 cm³/mol. The first-order valence-corrected chi connectivity index (χ1v) is 5.32. The van der Waals surface area contributed by atoms with E-state index in [9.17, 15) is 9.90 Å². The monoisotopic (exact) mass is 263 g/mol. The molecule has 0 atom stereocenters. The molecule has 5 heteroatoms. The van der Waals surface area contributed by atoms with Gasteiger partial charge in [0.2, 0.25) is 0 Å². The Bertz CT molecular complexity index is 597. The van der Waals surface area contributed by atoms with E-state index in [0.717, 1.165) is 0 Å². The molecule has 0 heterocycles. The number of hydrogen-bond donors (Lipinski definition) is 1. The molecule has 0 radical (unpaired) electrons. The second kappa shape index (κ2) is 7.09. The van der Waals surface area contributed by atoms with Gasteiger partial charge in [-0.3, -0.25) is 4.79 Å². The Morgan fingerprint density at radius 2 is 1.47 bits per heavy atom. The molecule has 0 fully saturated rings. The molecule has 0 aliphatic rings. The summed E-state index contributed by atoms with van der Waals surface area (Å²) in [6.45, 7) is 0. The minimum Gasteiger partial charge on any atom is -0.856 e. The molecule has 2 aromatic rings. The van der Waals surface area contributed by atoms with Crippen LogP contribution in [0.5, 0.6) is 0 Å². The van der Waals surface area contributed by atoms with Gasteiger partial charge in [-0.05, 0) is 5.56 Å². The molecule has 0 aliphatic heterocycles. The van der Waals surface area contributed by atoms with Crippen LogP contribution in [-0.2, 0) is 0 Å². The van der Waals surface area contributed by atoms with E-state index in [0.29, 0.717) is 5.56 Å². The Balaban J connectivity index is 0.00000180. The number of carbonyl (C=O) groups excluding carboxylic acids is 1. The standard InChI is InChI=1S/C14H11NO3.Na/c16-13(10-6-2-1-3-7-10)11-8-4-5-9-12(11)14(17)15-18;/h1-9,18H,(H,15,17);/q;+1/p-1. The van der Waals surface area contributed by atoms with Gasteiger partial charge in [0.05, 0.1) is 0 Å². The van der Waals surface area contributed by atoms with Gasteiger partial charge >= 0.3 is 29.6 Å². The Labute approximate surface area is 132 Å². The molecule has 2 aromatic carbocycles. The van der Waals surface area contributed by atoms with E-state index in [4.69, 9.17) is 5.21 Å². The first-order chi connectivity index (χ1) is 8.74. The van der Waals surface area contributed by atoms with Crippen molar-refractivity contribution in [2.24, 2.45) is 5.16 Å². The van der Waals surface area contributed by atoms with Crippen molar-refractivity contribution in [2.45, 2.75) is 0 Å². The van der Waals surface area contributed by atoms with Crippen molar-refractivity contribution in [3.8, 4) is 0 Å². The number of hydrogen-bond acceptors (Lipinski definition) is 4. The van der Waals surface area contributed by atoms with E-state index in [-0.39, 0.29) is 46.5 Å². The SMILES string of the molecule is O=C(c1ccccc1)c1ccccc1C([O-])=NO.[Na+]. The summed E-state index contributed by atoms with van der Waals surface area (Å²) in [6.07, 6.45) is 0. The second-order valence-electron chi connectivity index (χ2n) is 3.65. The minimum absolute atomic E-state index is 0. The topological polar surface area (TPSA) is 72.7 Å². The summed E-state index contributed by atoms with van der Waals surface area (Å²) >= 11 is 0. The molecule has 1 N–H and O–H groups in total. The van der Waals surface area contributed by atoms with Crippen LogP contribution >= 0.6 is 0 Å². The third-order valence-corrected chi connectivity index (χ3v) is 2.53. The van der Waals surface area contributed by atoms with Gasteiger partial charge in [0.1, 0.15) is 0 Å². The molecule has 4 nitrogen and oxygen atoms in total. The Morgan fingerprint density at radius 1 is 0.947 bits per heavy atom. The number of oxime groups is 1. The molecule has 0 amide bonds. The van der Waals surface area contributed by atoms with Crippen molar-refractivity contribution < 1.29 is 44.7 Å². The fourth-order valence-electron chi connectivity index (χ4n) is 1.67. The van der Waals surface area contributed by atoms with Gasteiger partial charge in [-0.2, -0.15) is 0 Å². The summed E-state index contributed by atoms with van der Waals surface area (Å²) in [5, 5.41) is 22.5. The maximum absolute atomic E-state index is 12.2. The van der Waals surface area contributed by atoms with Crippen molar-refractivity contribution in [1.82, 2.24) is 0 Å². The quantitative estimate of drug-likeness (QED) is 0.181. The summed E-state index contributed by atoms with van der Waals surface area (Å²) in [5.41, 5.74) is 0.802. The van der Waals surface area contributed by atoms with Gasteiger partial charge in [-0.25, -0.2) is 0 Å². The van der Waals surface area contributed by atoms with Crippen LogP contribution in [0.4, 0.5) is 0 Å². The number of benzene rings is 2. The summed E-state index contributed by atoms with van der Waals surface area (Å²) in [6, 6.07) is 14.9. The molecule has 0 aromatic heterocycles. The Morgan fingerprint density at radius 3 is 2.05 bits per heavy atom. The molecule has 0 unspecified atom stereocenters. The third kappa shape index (κ3) is 3.44. The fraction of sp³-hybridized carbons (Fsp3) is 0. The number of ketones is 1. The van der Waals surface area contributed by atoms with Gasteiger partial charge in [0.15, 0.2) is 5.78 Å². The summed E-state index contributed by atoms with van der Waals surface area (Å²) in [7, 11) is 0. The zero-order valence-electron chi connectivity index (χ0n) is 10.4. The van der Waals surface area contributed by atoms with Crippen molar-refractivity contribution in [3.05, 3.63) is 71.3 Å². The average molecular weight is 263 g/mol. The van der Waals surface area contributed by atoms with Crippen LogP contribution in [0.1, 0.15) is 21.5 Å². The average Bonchev–Trinajstić information content (AvgIpc) is 2.46. The summed E-state index contributed by atoms with van der Waals surface area (Å²) in [4.78, 5) is 12.2. The van der Waals surface area contributed by atoms with E-state index in [1.807, 2.05) is 0 Å². The fourth-order valence-corrected chi connectivity index (χ4v) is 1.67. The molecule has 90 valence electrons. The van der Waals surface area contributed by atoms with E-state index in [1.54, 1.807) is 42.5 Å². The van der Waals surface area contributed by atoms with E-state index < -0.39 is 5.90 Å². The summed E-state index contributed by atoms with van der Waals surface area (Å²) in [5.74, 6) is -1.10. The van der Waals surface area contributed by atoms with Crippen LogP contribution in [0.25, 0.3) is 0 Å². The third-order valence-electron chi connectivity index (χ3n) is 2.53. The van der Waals surface area contributed by atoms with Crippen LogP contribution in [-0.4, -0.2) is 16.9 Å². The summed E-state index contributed by atoms with van der Waals surface area (Å²) < 4.78 is 0. The number of rotatable bonds is 3. The molecule has 0 bridgehead atoms. The van der Waals surface area contributed by atoms with Gasteiger partial charge in [0, 0.05) is 17.0 Å². The molecule has 19 heavy (non-hydrogen) atoms. The predicted octanol–water partition coefficient (Wildman–Crippen LogP) is -1.58. The van der Waals surface area contributed by atoms with E-state index in [2.05, 4.69) is 5.16 Å². The van der Waals surface area contributed by atoms with Crippen molar-refractivity contribution >= 4 is 11.7 Å². The number of carbonyl (C=O) groups is 1. The normalized spacial score (nSPS) is 10.6. The maximum Gasteiger partial charge on any atom is 1.00 e. The first-order valence-electron chi connectivity index (χ1n) is 5.32. The maximum atomic E-state index is 12.2. The molecule has 0 saturated heterocycles. The van der Waals surface area contributed by atoms with Crippen LogP contribution in [0.15, 0.2) is 59.8 Å². The number of nitrogens with zero attached hydrogens (tertiary/aromatic N) is 1. The van der Waals surface area contributed by atoms with E-state index in [1.165, 1.54) is 12.1 Å². The van der Waals surface area contributed by atoms with Gasteiger partial charge in [-0.1, -0.05) is 54.6 Å². The first kappa shape index (κ1) is 15.4. The van der Waals surface area contributed by atoms with Crippen molar-refractivity contribution in [3.63, 3.8) is 0 Å². The van der Waals surface area contributed by atoms with Crippen LogP contribution in [0, 0.1) is 0 Å². The zero-order valence-corrected chi connectivity index (χ0v) is 12.4. The van der Waals surface area contributed by atoms with Crippen molar-refractivity contribution in [1.29, 1.82) is 0 Å².